The van der Waals surface area contributed by atoms with Crippen LogP contribution in [0, 0.1) is 0 Å². The van der Waals surface area contributed by atoms with Crippen LogP contribution in [0.15, 0.2) is 83.8 Å². The monoisotopic (exact) mass is 607 g/mol. The first-order valence-electron chi connectivity index (χ1n) is 14.4. The molecule has 1 N–H and O–H groups in total. The Bertz CT molecular complexity index is 1520. The number of amides is 2. The first-order chi connectivity index (χ1) is 20.7. The fraction of sp³-hybridized carbons (Fsp3) is 0.375. The van der Waals surface area contributed by atoms with Gasteiger partial charge in [-0.3, -0.25) is 4.79 Å². The maximum Gasteiger partial charge on any atom is 0.320 e. The van der Waals surface area contributed by atoms with Crippen molar-refractivity contribution < 1.29 is 32.6 Å². The Morgan fingerprint density at radius 2 is 1.49 bits per heavy atom. The number of ether oxygens (including phenoxy) is 2. The lowest BCUT2D eigenvalue weighted by Gasteiger charge is -2.48. The standard InChI is InChI=1S/C32H37N3O7S/c1-41-28-14-8-13-27(26-11-6-3-7-12-26)30(28)43(39,40)35(24-25-9-4-2-5-10-25)32(23-29(36)37)15-17-33(18-16-32)31(38)34-19-21-42-22-20-34/h2-14H,15-24H2,1H3,(H,36,37). The summed E-state index contributed by atoms with van der Waals surface area (Å²) in [7, 11) is -2.94. The number of carbonyl (C=O) groups excluding carboxylic acids is 1. The second-order valence-electron chi connectivity index (χ2n) is 10.9. The zero-order chi connectivity index (χ0) is 30.5. The van der Waals surface area contributed by atoms with Crippen molar-refractivity contribution in [3.8, 4) is 16.9 Å². The molecule has 3 aromatic rings. The molecule has 0 bridgehead atoms. The number of hydrogen-bond acceptors (Lipinski definition) is 6. The van der Waals surface area contributed by atoms with Crippen LogP contribution < -0.4 is 4.74 Å². The van der Waals surface area contributed by atoms with E-state index in [1.54, 1.807) is 28.0 Å². The van der Waals surface area contributed by atoms with Crippen molar-refractivity contribution in [2.45, 2.75) is 36.2 Å². The van der Waals surface area contributed by atoms with E-state index in [1.165, 1.54) is 11.4 Å². The van der Waals surface area contributed by atoms with Crippen LogP contribution in [0.3, 0.4) is 0 Å². The third-order valence-corrected chi connectivity index (χ3v) is 10.3. The summed E-state index contributed by atoms with van der Waals surface area (Å²) in [6, 6.07) is 23.3. The molecular formula is C32H37N3O7S. The molecule has 2 aliphatic heterocycles. The van der Waals surface area contributed by atoms with Crippen molar-refractivity contribution in [1.82, 2.24) is 14.1 Å². The van der Waals surface area contributed by atoms with Gasteiger partial charge in [0.25, 0.3) is 0 Å². The smallest absolute Gasteiger partial charge is 0.320 e. The van der Waals surface area contributed by atoms with Crippen LogP contribution >= 0.6 is 0 Å². The minimum atomic E-state index is -4.37. The van der Waals surface area contributed by atoms with Gasteiger partial charge in [-0.2, -0.15) is 4.31 Å². The highest BCUT2D eigenvalue weighted by Gasteiger charge is 2.49. The van der Waals surface area contributed by atoms with E-state index < -0.39 is 28.0 Å². The van der Waals surface area contributed by atoms with Gasteiger partial charge >= 0.3 is 12.0 Å². The van der Waals surface area contributed by atoms with Gasteiger partial charge in [0, 0.05) is 38.3 Å². The highest BCUT2D eigenvalue weighted by atomic mass is 32.2. The zero-order valence-electron chi connectivity index (χ0n) is 24.2. The molecule has 228 valence electrons. The molecule has 0 spiro atoms. The topological polar surface area (TPSA) is 117 Å². The second kappa shape index (κ2) is 13.2. The summed E-state index contributed by atoms with van der Waals surface area (Å²) < 4.78 is 42.4. The lowest BCUT2D eigenvalue weighted by atomic mass is 9.84. The number of urea groups is 1. The number of benzene rings is 3. The van der Waals surface area contributed by atoms with Gasteiger partial charge in [0.15, 0.2) is 0 Å². The van der Waals surface area contributed by atoms with Gasteiger partial charge in [-0.25, -0.2) is 13.2 Å². The van der Waals surface area contributed by atoms with E-state index in [9.17, 15) is 14.7 Å². The van der Waals surface area contributed by atoms with Crippen molar-refractivity contribution in [2.24, 2.45) is 0 Å². The van der Waals surface area contributed by atoms with Crippen molar-refractivity contribution >= 4 is 22.0 Å². The fourth-order valence-electron chi connectivity index (χ4n) is 6.02. The largest absolute Gasteiger partial charge is 0.495 e. The number of nitrogens with zero attached hydrogens (tertiary/aromatic N) is 3. The number of methoxy groups -OCH3 is 1. The average Bonchev–Trinajstić information content (AvgIpc) is 3.04. The van der Waals surface area contributed by atoms with Crippen LogP contribution in [0.4, 0.5) is 4.79 Å². The molecule has 2 amide bonds. The van der Waals surface area contributed by atoms with E-state index in [1.807, 2.05) is 60.7 Å². The van der Waals surface area contributed by atoms with Gasteiger partial charge in [0.1, 0.15) is 10.6 Å². The Balaban J connectivity index is 1.60. The number of likely N-dealkylation sites (tertiary alicyclic amines) is 1. The first kappa shape index (κ1) is 30.5. The molecule has 3 aromatic carbocycles. The number of carboxylic acid groups (broad SMARTS) is 1. The van der Waals surface area contributed by atoms with Crippen LogP contribution in [-0.4, -0.2) is 91.7 Å². The lowest BCUT2D eigenvalue weighted by Crippen LogP contribution is -2.60. The zero-order valence-corrected chi connectivity index (χ0v) is 25.0. The van der Waals surface area contributed by atoms with Crippen molar-refractivity contribution in [1.29, 1.82) is 0 Å². The Morgan fingerprint density at radius 1 is 0.884 bits per heavy atom. The molecule has 0 aromatic heterocycles. The maximum absolute atomic E-state index is 15.0. The minimum Gasteiger partial charge on any atom is -0.495 e. The molecule has 0 radical (unpaired) electrons. The first-order valence-corrected chi connectivity index (χ1v) is 15.8. The number of carboxylic acids is 1. The maximum atomic E-state index is 15.0. The molecule has 43 heavy (non-hydrogen) atoms. The molecule has 11 heteroatoms. The number of carbonyl (C=O) groups is 2. The van der Waals surface area contributed by atoms with Crippen molar-refractivity contribution in [3.05, 3.63) is 84.4 Å². The SMILES string of the molecule is COc1cccc(-c2ccccc2)c1S(=O)(=O)N(Cc1ccccc1)C1(CC(=O)O)CCN(C(=O)N2CCOCC2)CC1. The third-order valence-electron chi connectivity index (χ3n) is 8.26. The summed E-state index contributed by atoms with van der Waals surface area (Å²) in [6.45, 7) is 2.31. The number of rotatable bonds is 9. The number of aliphatic carboxylic acids is 1. The van der Waals surface area contributed by atoms with Crippen LogP contribution in [0.1, 0.15) is 24.8 Å². The predicted octanol–water partition coefficient (Wildman–Crippen LogP) is 4.31. The van der Waals surface area contributed by atoms with Gasteiger partial charge in [-0.05, 0) is 30.0 Å². The van der Waals surface area contributed by atoms with Crippen molar-refractivity contribution in [2.75, 3.05) is 46.5 Å². The summed E-state index contributed by atoms with van der Waals surface area (Å²) in [5.41, 5.74) is 0.581. The molecule has 5 rings (SSSR count). The predicted molar refractivity (Wildman–Crippen MR) is 161 cm³/mol. The minimum absolute atomic E-state index is 0.0174. The van der Waals surface area contributed by atoms with Gasteiger partial charge < -0.3 is 24.4 Å². The number of morpholine rings is 1. The number of hydrogen-bond donors (Lipinski definition) is 1. The summed E-state index contributed by atoms with van der Waals surface area (Å²) in [5.74, 6) is -0.936. The molecule has 2 heterocycles. The molecule has 0 unspecified atom stereocenters. The van der Waals surface area contributed by atoms with E-state index in [0.717, 1.165) is 5.56 Å². The Labute approximate surface area is 252 Å². The summed E-state index contributed by atoms with van der Waals surface area (Å²) >= 11 is 0. The van der Waals surface area contributed by atoms with E-state index >= 15 is 8.42 Å². The molecule has 2 fully saturated rings. The quantitative estimate of drug-likeness (QED) is 0.385. The third kappa shape index (κ3) is 6.53. The average molecular weight is 608 g/mol. The summed E-state index contributed by atoms with van der Waals surface area (Å²) in [4.78, 5) is 29.1. The fourth-order valence-corrected chi connectivity index (χ4v) is 8.19. The molecule has 2 saturated heterocycles. The van der Waals surface area contributed by atoms with Gasteiger partial charge in [0.2, 0.25) is 10.0 Å². The Morgan fingerprint density at radius 3 is 2.09 bits per heavy atom. The van der Waals surface area contributed by atoms with E-state index in [0.29, 0.717) is 37.4 Å². The molecule has 0 saturated carbocycles. The number of piperidine rings is 1. The van der Waals surface area contributed by atoms with E-state index in [4.69, 9.17) is 9.47 Å². The normalized spacial score (nSPS) is 17.1. The van der Waals surface area contributed by atoms with E-state index in [-0.39, 0.29) is 49.2 Å². The highest BCUT2D eigenvalue weighted by molar-refractivity contribution is 7.89. The molecule has 10 nitrogen and oxygen atoms in total. The number of sulfonamides is 1. The lowest BCUT2D eigenvalue weighted by molar-refractivity contribution is -0.140. The summed E-state index contributed by atoms with van der Waals surface area (Å²) in [6.07, 6.45) is -0.0804. The van der Waals surface area contributed by atoms with Gasteiger partial charge in [-0.1, -0.05) is 72.8 Å². The molecular weight excluding hydrogens is 570 g/mol. The Kier molecular flexibility index (Phi) is 9.34. The van der Waals surface area contributed by atoms with Crippen molar-refractivity contribution in [3.63, 3.8) is 0 Å². The molecule has 2 aliphatic rings. The van der Waals surface area contributed by atoms with Crippen LogP contribution in [0.5, 0.6) is 5.75 Å². The van der Waals surface area contributed by atoms with Crippen LogP contribution in [-0.2, 0) is 26.1 Å². The Hall–Kier alpha value is -3.93. The van der Waals surface area contributed by atoms with Crippen LogP contribution in [0.25, 0.3) is 11.1 Å². The second-order valence-corrected chi connectivity index (χ2v) is 12.7. The van der Waals surface area contributed by atoms with Gasteiger partial charge in [0.05, 0.1) is 32.3 Å². The summed E-state index contributed by atoms with van der Waals surface area (Å²) in [5, 5.41) is 10.1. The van der Waals surface area contributed by atoms with E-state index in [2.05, 4.69) is 0 Å². The van der Waals surface area contributed by atoms with Crippen LogP contribution in [0.2, 0.25) is 0 Å². The van der Waals surface area contributed by atoms with Gasteiger partial charge in [-0.15, -0.1) is 0 Å². The molecule has 0 atom stereocenters. The molecule has 0 aliphatic carbocycles. The highest BCUT2D eigenvalue weighted by Crippen LogP contribution is 2.43.